The second-order valence-corrected chi connectivity index (χ2v) is 17.9. The fourth-order valence-corrected chi connectivity index (χ4v) is 8.39. The Morgan fingerprint density at radius 3 is 1.05 bits per heavy atom. The van der Waals surface area contributed by atoms with Gasteiger partial charge in [0, 0.05) is 163 Å². The molecule has 0 aliphatic rings. The van der Waals surface area contributed by atoms with Crippen molar-refractivity contribution in [2.24, 2.45) is 0 Å². The normalized spacial score (nSPS) is 11.4. The van der Waals surface area contributed by atoms with Crippen LogP contribution in [0.3, 0.4) is 0 Å². The number of urea groups is 1. The van der Waals surface area contributed by atoms with E-state index in [2.05, 4.69) is 21.3 Å². The molecule has 0 aliphatic carbocycles. The molecule has 6 aromatic carbocycles. The van der Waals surface area contributed by atoms with Crippen LogP contribution in [-0.2, 0) is 40.5 Å². The molecule has 62 heavy (non-hydrogen) atoms. The van der Waals surface area contributed by atoms with Crippen LogP contribution in [0, 0.1) is 0 Å². The van der Waals surface area contributed by atoms with E-state index in [-0.39, 0.29) is 174 Å². The molecule has 0 unspecified atom stereocenters. The largest absolute Gasteiger partial charge is 0.323 e. The van der Waals surface area contributed by atoms with Crippen LogP contribution >= 0.6 is 0 Å². The fourth-order valence-electron chi connectivity index (χ4n) is 5.67. The maximum Gasteiger partial charge on any atom is 0.323 e. The third-order valence-electron chi connectivity index (χ3n) is 8.21. The van der Waals surface area contributed by atoms with Crippen molar-refractivity contribution < 1.29 is 66.3 Å². The Kier molecular flexibility index (Phi) is 19.6. The third-order valence-corrected chi connectivity index (χ3v) is 11.7. The number of hydrogen-bond acceptors (Lipinski definition) is 11. The molecule has 0 saturated carbocycles. The number of amides is 4. The summed E-state index contributed by atoms with van der Waals surface area (Å²) in [6.07, 6.45) is 0. The van der Waals surface area contributed by atoms with Gasteiger partial charge >= 0.3 is 6.03 Å². The number of anilines is 4. The summed E-state index contributed by atoms with van der Waals surface area (Å²) in [6.45, 7) is 0. The molecule has 304 valence electrons. The number of carbonyl (C=O) groups is 3. The number of fused-ring (bicyclic) bond motifs is 2. The minimum absolute atomic E-state index is 0. The topological polar surface area (TPSA) is 317 Å². The van der Waals surface area contributed by atoms with Crippen LogP contribution in [0.2, 0.25) is 0 Å². The van der Waals surface area contributed by atoms with E-state index >= 15 is 0 Å². The van der Waals surface area contributed by atoms with Gasteiger partial charge in [0.1, 0.15) is 9.79 Å². The van der Waals surface area contributed by atoms with E-state index in [9.17, 15) is 66.3 Å². The van der Waals surface area contributed by atoms with E-state index in [0.717, 1.165) is 12.1 Å². The van der Waals surface area contributed by atoms with Crippen molar-refractivity contribution in [2.75, 3.05) is 21.3 Å². The van der Waals surface area contributed by atoms with Crippen LogP contribution in [0.5, 0.6) is 0 Å². The molecule has 6 rings (SSSR count). The van der Waals surface area contributed by atoms with Crippen molar-refractivity contribution in [3.05, 3.63) is 120 Å². The first-order chi connectivity index (χ1) is 27.0. The average Bonchev–Trinajstić information content (AvgIpc) is 3.12. The fraction of sp³-hybridized carbons (Fsp3) is 0. The number of nitrogens with one attached hydrogen (secondary N) is 4. The van der Waals surface area contributed by atoms with E-state index in [1.54, 1.807) is 0 Å². The summed E-state index contributed by atoms with van der Waals surface area (Å²) in [4.78, 5) is 35.9. The number of rotatable bonds is 10. The van der Waals surface area contributed by atoms with E-state index in [4.69, 9.17) is 0 Å². The van der Waals surface area contributed by atoms with Crippen molar-refractivity contribution in [3.8, 4) is 0 Å². The molecule has 0 bridgehead atoms. The maximum absolute atomic E-state index is 13.1. The van der Waals surface area contributed by atoms with Gasteiger partial charge in [0.25, 0.3) is 52.3 Å². The monoisotopic (exact) mass is 962 g/mol. The molecular formula is C35H26N4Na4O15S4. The minimum Gasteiger partial charge on any atom is -0.322 e. The Balaban J connectivity index is 0.00000331. The summed E-state index contributed by atoms with van der Waals surface area (Å²) >= 11 is 0. The predicted octanol–water partition coefficient (Wildman–Crippen LogP) is 3.61. The second kappa shape index (κ2) is 21.8. The molecule has 0 spiro atoms. The van der Waals surface area contributed by atoms with Gasteiger partial charge in [-0.25, -0.2) is 4.79 Å². The minimum atomic E-state index is -4.92. The molecule has 8 N–H and O–H groups in total. The molecule has 0 aromatic heterocycles. The number of hydrogen-bond donors (Lipinski definition) is 8. The summed E-state index contributed by atoms with van der Waals surface area (Å²) in [5.74, 6) is -1.40. The molecule has 6 aromatic rings. The van der Waals surface area contributed by atoms with Gasteiger partial charge in [0.15, 0.2) is 0 Å². The van der Waals surface area contributed by atoms with Crippen LogP contribution in [-0.4, -0.2) is 188 Å². The van der Waals surface area contributed by atoms with Gasteiger partial charge in [-0.05, 0) is 95.7 Å². The van der Waals surface area contributed by atoms with Gasteiger partial charge in [-0.1, -0.05) is 24.3 Å². The van der Waals surface area contributed by atoms with Gasteiger partial charge in [-0.2, -0.15) is 33.7 Å². The van der Waals surface area contributed by atoms with E-state index in [1.807, 2.05) is 0 Å². The quantitative estimate of drug-likeness (QED) is 0.0718. The van der Waals surface area contributed by atoms with Gasteiger partial charge in [-0.3, -0.25) is 27.8 Å². The van der Waals surface area contributed by atoms with Crippen molar-refractivity contribution in [2.45, 2.75) is 19.6 Å². The molecule has 4 radical (unpaired) electrons. The first-order valence-electron chi connectivity index (χ1n) is 15.9. The molecule has 0 atom stereocenters. The van der Waals surface area contributed by atoms with Crippen molar-refractivity contribution in [3.63, 3.8) is 0 Å². The summed E-state index contributed by atoms with van der Waals surface area (Å²) in [6, 6.07) is 21.0. The Labute approximate surface area is 442 Å². The Bertz CT molecular complexity index is 3000. The summed E-state index contributed by atoms with van der Waals surface area (Å²) in [7, 11) is -19.6. The molecule has 0 saturated heterocycles. The number of benzene rings is 6. The van der Waals surface area contributed by atoms with Gasteiger partial charge < -0.3 is 21.3 Å². The smallest absolute Gasteiger partial charge is 0.322 e. The van der Waals surface area contributed by atoms with Crippen LogP contribution in [0.1, 0.15) is 20.7 Å². The SMILES string of the molecule is O=C(Nc1cccc(C(=O)Nc2ccc3c(S(=O)(=O)O)cc(S(=O)(=O)O)cc3c2)c1)Nc1cccc(C(=O)Nc2ccc3c(S(=O)(=O)O)cc(S(=O)(=O)O)cc3c2)c1.[Na].[Na].[Na].[Na]. The van der Waals surface area contributed by atoms with Gasteiger partial charge in [-0.15, -0.1) is 0 Å². The first-order valence-corrected chi connectivity index (χ1v) is 21.7. The summed E-state index contributed by atoms with van der Waals surface area (Å²) in [5.41, 5.74) is 0.532. The van der Waals surface area contributed by atoms with E-state index < -0.39 is 77.9 Å². The van der Waals surface area contributed by atoms with Crippen LogP contribution in [0.4, 0.5) is 27.5 Å². The van der Waals surface area contributed by atoms with Gasteiger partial charge in [0.2, 0.25) is 0 Å². The van der Waals surface area contributed by atoms with Crippen LogP contribution in [0.15, 0.2) is 129 Å². The molecule has 27 heteroatoms. The van der Waals surface area contributed by atoms with E-state index in [0.29, 0.717) is 12.1 Å². The van der Waals surface area contributed by atoms with Crippen molar-refractivity contribution in [1.29, 1.82) is 0 Å². The first kappa shape index (κ1) is 55.8. The Morgan fingerprint density at radius 1 is 0.387 bits per heavy atom. The average molecular weight is 963 g/mol. The molecule has 0 heterocycles. The third kappa shape index (κ3) is 13.9. The standard InChI is InChI=1S/C35H26N4O15S4.4Na/c40-33(36-25-7-9-29-21(13-25)15-27(55(43,44)45)17-31(29)57(49,50)51)19-3-1-5-23(11-19)38-35(42)39-24-6-2-4-20(12-24)34(41)37-26-8-10-30-22(14-26)16-28(56(46,47)48)18-32(30)58(52,53)54;;;;/h1-18H,(H,36,40)(H,37,41)(H2,38,39,42)(H,43,44,45)(H,46,47,48)(H,49,50,51)(H,52,53,54);;;;. The second-order valence-electron chi connectivity index (χ2n) is 12.3. The maximum atomic E-state index is 13.1. The van der Waals surface area contributed by atoms with Crippen molar-refractivity contribution in [1.82, 2.24) is 0 Å². The predicted molar refractivity (Wildman–Crippen MR) is 232 cm³/mol. The zero-order valence-electron chi connectivity index (χ0n) is 32.8. The van der Waals surface area contributed by atoms with E-state index in [1.165, 1.54) is 84.9 Å². The molecule has 4 amide bonds. The Morgan fingerprint density at radius 2 is 0.726 bits per heavy atom. The van der Waals surface area contributed by atoms with Gasteiger partial charge in [0.05, 0.1) is 9.79 Å². The van der Waals surface area contributed by atoms with Crippen molar-refractivity contribution >= 4 is 221 Å². The zero-order valence-corrected chi connectivity index (χ0v) is 44.1. The zero-order chi connectivity index (χ0) is 42.4. The molecule has 0 fully saturated rings. The molecule has 0 aliphatic heterocycles. The Hall–Kier alpha value is -2.31. The number of carbonyl (C=O) groups excluding carboxylic acids is 3. The van der Waals surface area contributed by atoms with Crippen LogP contribution in [0.25, 0.3) is 21.5 Å². The molecule has 19 nitrogen and oxygen atoms in total. The summed E-state index contributed by atoms with van der Waals surface area (Å²) in [5, 5.41) is 9.86. The van der Waals surface area contributed by atoms with Crippen LogP contribution < -0.4 is 21.3 Å². The summed E-state index contributed by atoms with van der Waals surface area (Å²) < 4.78 is 133. The molecular weight excluding hydrogens is 937 g/mol.